The van der Waals surface area contributed by atoms with E-state index in [1.165, 1.54) is 32.9 Å². The van der Waals surface area contributed by atoms with Gasteiger partial charge in [0.25, 0.3) is 5.91 Å². The molecule has 0 unspecified atom stereocenters. The number of piperazine rings is 1. The molecule has 0 saturated carbocycles. The van der Waals surface area contributed by atoms with Gasteiger partial charge in [-0.1, -0.05) is 35.9 Å². The third-order valence-corrected chi connectivity index (χ3v) is 8.28. The number of amides is 2. The Bertz CT molecular complexity index is 1130. The fraction of sp³-hybridized carbons (Fsp3) is 0.385. The number of nitrogens with one attached hydrogen (secondary N) is 1. The topological polar surface area (TPSA) is 61.9 Å². The van der Waals surface area contributed by atoms with Gasteiger partial charge in [-0.25, -0.2) is 4.79 Å². The van der Waals surface area contributed by atoms with Crippen molar-refractivity contribution in [2.24, 2.45) is 0 Å². The molecule has 4 rings (SSSR count). The molecule has 1 aliphatic heterocycles. The van der Waals surface area contributed by atoms with E-state index in [9.17, 15) is 9.59 Å². The Hall–Kier alpha value is -2.68. The van der Waals surface area contributed by atoms with Gasteiger partial charge in [0.05, 0.1) is 17.5 Å². The van der Waals surface area contributed by atoms with Crippen LogP contribution in [0.25, 0.3) is 0 Å². The molecular weight excluding hydrogens is 466 g/mol. The maximum atomic E-state index is 12.9. The Morgan fingerprint density at radius 1 is 1.06 bits per heavy atom. The van der Waals surface area contributed by atoms with Gasteiger partial charge < -0.3 is 15.0 Å². The van der Waals surface area contributed by atoms with Crippen LogP contribution in [0.15, 0.2) is 41.8 Å². The zero-order valence-electron chi connectivity index (χ0n) is 20.1. The number of nitrogens with zero attached hydrogens (tertiary/aromatic N) is 2. The van der Waals surface area contributed by atoms with Gasteiger partial charge in [0.15, 0.2) is 0 Å². The Labute approximate surface area is 209 Å². The lowest BCUT2D eigenvalue weighted by Gasteiger charge is -2.39. The zero-order valence-corrected chi connectivity index (χ0v) is 21.7. The van der Waals surface area contributed by atoms with Crippen molar-refractivity contribution in [3.05, 3.63) is 73.8 Å². The van der Waals surface area contributed by atoms with Crippen LogP contribution < -0.4 is 5.32 Å². The zero-order chi connectivity index (χ0) is 24.2. The normalized spacial score (nSPS) is 15.2. The van der Waals surface area contributed by atoms with Gasteiger partial charge in [0, 0.05) is 36.6 Å². The second-order valence-electron chi connectivity index (χ2n) is 8.49. The predicted octanol–water partition coefficient (Wildman–Crippen LogP) is 5.85. The predicted molar refractivity (Wildman–Crippen MR) is 139 cm³/mol. The first-order chi connectivity index (χ1) is 16.4. The fourth-order valence-electron chi connectivity index (χ4n) is 4.33. The lowest BCUT2D eigenvalue weighted by atomic mass is 9.93. The van der Waals surface area contributed by atoms with E-state index in [0.29, 0.717) is 24.6 Å². The van der Waals surface area contributed by atoms with Crippen molar-refractivity contribution < 1.29 is 14.3 Å². The monoisotopic (exact) mass is 497 g/mol. The number of ether oxygens (including phenoxy) is 1. The van der Waals surface area contributed by atoms with E-state index in [0.717, 1.165) is 23.7 Å². The molecule has 1 fully saturated rings. The summed E-state index contributed by atoms with van der Waals surface area (Å²) in [6.45, 7) is 11.2. The van der Waals surface area contributed by atoms with Crippen LogP contribution in [0, 0.1) is 20.8 Å². The lowest BCUT2D eigenvalue weighted by Crippen LogP contribution is -2.50. The van der Waals surface area contributed by atoms with Crippen molar-refractivity contribution in [3.8, 4) is 0 Å². The lowest BCUT2D eigenvalue weighted by molar-refractivity contribution is 0.0715. The molecule has 1 aromatic carbocycles. The number of carbonyl (C=O) groups is 2. The summed E-state index contributed by atoms with van der Waals surface area (Å²) in [5.74, 6) is -0.0766. The minimum absolute atomic E-state index is 0.0199. The second kappa shape index (κ2) is 10.7. The maximum absolute atomic E-state index is 12.9. The summed E-state index contributed by atoms with van der Waals surface area (Å²) in [5.41, 5.74) is 4.73. The van der Waals surface area contributed by atoms with Gasteiger partial charge in [0.1, 0.15) is 5.00 Å². The van der Waals surface area contributed by atoms with E-state index in [4.69, 9.17) is 4.74 Å². The van der Waals surface area contributed by atoms with Crippen molar-refractivity contribution in [2.45, 2.75) is 33.7 Å². The van der Waals surface area contributed by atoms with Crippen LogP contribution in [0.4, 0.5) is 9.80 Å². The molecule has 3 aromatic rings. The van der Waals surface area contributed by atoms with Gasteiger partial charge in [-0.15, -0.1) is 22.7 Å². The number of hydrogen-bond acceptors (Lipinski definition) is 6. The maximum Gasteiger partial charge on any atom is 0.409 e. The number of thiophene rings is 2. The molecule has 2 amide bonds. The molecule has 1 aliphatic rings. The first-order valence-electron chi connectivity index (χ1n) is 11.6. The SMILES string of the molecule is CCOC(=O)N1CCN([C@H](c2ccc(C)cc2)c2c(NC(=O)c3cccs3)sc(C)c2C)CC1. The number of aryl methyl sites for hydroxylation is 2. The van der Waals surface area contributed by atoms with E-state index in [1.54, 1.807) is 16.2 Å². The summed E-state index contributed by atoms with van der Waals surface area (Å²) in [7, 11) is 0. The van der Waals surface area contributed by atoms with E-state index in [2.05, 4.69) is 55.3 Å². The van der Waals surface area contributed by atoms with E-state index >= 15 is 0 Å². The minimum Gasteiger partial charge on any atom is -0.450 e. The molecule has 3 heterocycles. The molecule has 1 saturated heterocycles. The van der Waals surface area contributed by atoms with Gasteiger partial charge in [-0.05, 0) is 50.3 Å². The highest BCUT2D eigenvalue weighted by atomic mass is 32.1. The smallest absolute Gasteiger partial charge is 0.409 e. The molecule has 8 heteroatoms. The average Bonchev–Trinajstić information content (AvgIpc) is 3.46. The van der Waals surface area contributed by atoms with Crippen LogP contribution in [0.5, 0.6) is 0 Å². The van der Waals surface area contributed by atoms with Gasteiger partial charge in [-0.2, -0.15) is 0 Å². The van der Waals surface area contributed by atoms with Crippen molar-refractivity contribution in [2.75, 3.05) is 38.1 Å². The molecule has 0 radical (unpaired) electrons. The summed E-state index contributed by atoms with van der Waals surface area (Å²) in [4.78, 5) is 31.3. The van der Waals surface area contributed by atoms with Crippen LogP contribution in [-0.2, 0) is 4.74 Å². The summed E-state index contributed by atoms with van der Waals surface area (Å²) < 4.78 is 5.20. The Balaban J connectivity index is 1.68. The van der Waals surface area contributed by atoms with Crippen molar-refractivity contribution in [1.29, 1.82) is 0 Å². The van der Waals surface area contributed by atoms with Gasteiger partial charge in [0.2, 0.25) is 0 Å². The first kappa shape index (κ1) is 24.4. The van der Waals surface area contributed by atoms with Crippen LogP contribution in [-0.4, -0.2) is 54.6 Å². The molecular formula is C26H31N3O3S2. The molecule has 6 nitrogen and oxygen atoms in total. The van der Waals surface area contributed by atoms with Gasteiger partial charge in [-0.3, -0.25) is 9.69 Å². The number of hydrogen-bond donors (Lipinski definition) is 1. The summed E-state index contributed by atoms with van der Waals surface area (Å²) in [6.07, 6.45) is -0.250. The molecule has 0 bridgehead atoms. The molecule has 2 aromatic heterocycles. The molecule has 1 N–H and O–H groups in total. The highest BCUT2D eigenvalue weighted by Crippen LogP contribution is 2.42. The van der Waals surface area contributed by atoms with Crippen LogP contribution >= 0.6 is 22.7 Å². The van der Waals surface area contributed by atoms with Crippen molar-refractivity contribution >= 4 is 39.7 Å². The Morgan fingerprint density at radius 2 is 1.76 bits per heavy atom. The number of benzene rings is 1. The average molecular weight is 498 g/mol. The largest absolute Gasteiger partial charge is 0.450 e. The molecule has 34 heavy (non-hydrogen) atoms. The first-order valence-corrected chi connectivity index (χ1v) is 13.3. The highest BCUT2D eigenvalue weighted by Gasteiger charge is 2.33. The van der Waals surface area contributed by atoms with Crippen molar-refractivity contribution in [3.63, 3.8) is 0 Å². The van der Waals surface area contributed by atoms with Crippen LogP contribution in [0.3, 0.4) is 0 Å². The van der Waals surface area contributed by atoms with E-state index < -0.39 is 0 Å². The van der Waals surface area contributed by atoms with Crippen LogP contribution in [0.2, 0.25) is 0 Å². The van der Waals surface area contributed by atoms with Crippen molar-refractivity contribution in [1.82, 2.24) is 9.80 Å². The number of rotatable bonds is 6. The third kappa shape index (κ3) is 5.19. The number of carbonyl (C=O) groups excluding carboxylic acids is 2. The van der Waals surface area contributed by atoms with Crippen LogP contribution in [0.1, 0.15) is 49.8 Å². The fourth-order valence-corrected chi connectivity index (χ4v) is 6.03. The molecule has 0 aliphatic carbocycles. The standard InChI is InChI=1S/C26H31N3O3S2/c1-5-32-26(31)29-14-12-28(13-15-29)23(20-10-8-17(2)9-11-20)22-18(3)19(4)34-25(22)27-24(30)21-7-6-16-33-21/h6-11,16,23H,5,12-15H2,1-4H3,(H,27,30)/t23-/m1/s1. The van der Waals surface area contributed by atoms with E-state index in [-0.39, 0.29) is 18.0 Å². The number of anilines is 1. The third-order valence-electron chi connectivity index (χ3n) is 6.28. The summed E-state index contributed by atoms with van der Waals surface area (Å²) in [5, 5.41) is 6.01. The second-order valence-corrected chi connectivity index (χ2v) is 10.7. The Kier molecular flexibility index (Phi) is 7.70. The minimum atomic E-state index is -0.250. The quantitative estimate of drug-likeness (QED) is 0.464. The van der Waals surface area contributed by atoms with E-state index in [1.807, 2.05) is 24.4 Å². The van der Waals surface area contributed by atoms with Gasteiger partial charge >= 0.3 is 6.09 Å². The summed E-state index contributed by atoms with van der Waals surface area (Å²) in [6, 6.07) is 12.3. The Morgan fingerprint density at radius 3 is 2.38 bits per heavy atom. The molecule has 180 valence electrons. The summed E-state index contributed by atoms with van der Waals surface area (Å²) >= 11 is 3.07. The molecule has 0 spiro atoms. The highest BCUT2D eigenvalue weighted by molar-refractivity contribution is 7.17. The molecule has 1 atom stereocenters.